The van der Waals surface area contributed by atoms with Crippen LogP contribution in [0.4, 0.5) is 0 Å². The number of hydrogen-bond acceptors (Lipinski definition) is 4. The van der Waals surface area contributed by atoms with Gasteiger partial charge in [0, 0.05) is 13.6 Å². The van der Waals surface area contributed by atoms with Crippen LogP contribution in [-0.2, 0) is 16.6 Å². The van der Waals surface area contributed by atoms with Gasteiger partial charge in [-0.1, -0.05) is 6.92 Å². The fourth-order valence-corrected chi connectivity index (χ4v) is 2.19. The molecule has 0 atom stereocenters. The predicted octanol–water partition coefficient (Wildman–Crippen LogP) is 0.639. The van der Waals surface area contributed by atoms with E-state index in [0.29, 0.717) is 18.8 Å². The Labute approximate surface area is 90.1 Å². The van der Waals surface area contributed by atoms with Crippen LogP contribution in [0.1, 0.15) is 12.7 Å². The molecule has 15 heavy (non-hydrogen) atoms. The molecule has 0 bridgehead atoms. The van der Waals surface area contributed by atoms with Gasteiger partial charge in [-0.3, -0.25) is 0 Å². The highest BCUT2D eigenvalue weighted by molar-refractivity contribution is 7.89. The number of sulfonamides is 1. The average Bonchev–Trinajstić information content (AvgIpc) is 2.66. The van der Waals surface area contributed by atoms with E-state index in [9.17, 15) is 8.42 Å². The van der Waals surface area contributed by atoms with E-state index in [4.69, 9.17) is 4.42 Å². The molecule has 0 saturated heterocycles. The van der Waals surface area contributed by atoms with E-state index >= 15 is 0 Å². The minimum absolute atomic E-state index is 0.00269. The molecule has 6 heteroatoms. The summed E-state index contributed by atoms with van der Waals surface area (Å²) < 4.78 is 30.0. The lowest BCUT2D eigenvalue weighted by molar-refractivity contribution is 0.387. The van der Waals surface area contributed by atoms with E-state index in [2.05, 4.69) is 5.32 Å². The molecule has 1 aromatic rings. The third-order valence-corrected chi connectivity index (χ3v) is 3.90. The van der Waals surface area contributed by atoms with Gasteiger partial charge in [-0.25, -0.2) is 8.42 Å². The molecular formula is C9H16N2O3S. The molecule has 1 N–H and O–H groups in total. The lowest BCUT2D eigenvalue weighted by Crippen LogP contribution is -2.26. The second kappa shape index (κ2) is 4.78. The van der Waals surface area contributed by atoms with Gasteiger partial charge in [-0.2, -0.15) is 4.31 Å². The van der Waals surface area contributed by atoms with Crippen LogP contribution >= 0.6 is 0 Å². The number of hydrogen-bond donors (Lipinski definition) is 1. The summed E-state index contributed by atoms with van der Waals surface area (Å²) in [6.07, 6.45) is 0. The van der Waals surface area contributed by atoms with E-state index < -0.39 is 10.0 Å². The highest BCUT2D eigenvalue weighted by Gasteiger charge is 2.22. The first-order valence-electron chi connectivity index (χ1n) is 4.72. The lowest BCUT2D eigenvalue weighted by atomic mass is 10.4. The normalized spacial score (nSPS) is 12.3. The maximum atomic E-state index is 11.8. The fraction of sp³-hybridized carbons (Fsp3) is 0.556. The van der Waals surface area contributed by atoms with E-state index in [-0.39, 0.29) is 5.09 Å². The summed E-state index contributed by atoms with van der Waals surface area (Å²) in [6, 6.07) is 3.14. The Morgan fingerprint density at radius 1 is 1.47 bits per heavy atom. The zero-order valence-corrected chi connectivity index (χ0v) is 9.97. The smallest absolute Gasteiger partial charge is 0.276 e. The van der Waals surface area contributed by atoms with Crippen LogP contribution < -0.4 is 5.32 Å². The van der Waals surface area contributed by atoms with Crippen LogP contribution in [0.15, 0.2) is 21.6 Å². The number of rotatable bonds is 5. The molecule has 0 fully saturated rings. The molecule has 0 unspecified atom stereocenters. The quantitative estimate of drug-likeness (QED) is 0.809. The fourth-order valence-electron chi connectivity index (χ4n) is 1.09. The molecule has 1 rings (SSSR count). The Balaban J connectivity index is 2.96. The Morgan fingerprint density at radius 2 is 2.13 bits per heavy atom. The monoisotopic (exact) mass is 232 g/mol. The van der Waals surface area contributed by atoms with E-state index in [1.807, 2.05) is 0 Å². The van der Waals surface area contributed by atoms with Gasteiger partial charge in [0.05, 0.1) is 6.54 Å². The van der Waals surface area contributed by atoms with Crippen molar-refractivity contribution in [3.63, 3.8) is 0 Å². The van der Waals surface area contributed by atoms with E-state index in [0.717, 1.165) is 0 Å². The Hall–Kier alpha value is -0.850. The summed E-state index contributed by atoms with van der Waals surface area (Å²) in [5.41, 5.74) is 0. The van der Waals surface area contributed by atoms with Gasteiger partial charge in [0.2, 0.25) is 5.09 Å². The van der Waals surface area contributed by atoms with Crippen molar-refractivity contribution in [2.45, 2.75) is 18.6 Å². The zero-order valence-electron chi connectivity index (χ0n) is 9.15. The van der Waals surface area contributed by atoms with Crippen LogP contribution in [0.5, 0.6) is 0 Å². The summed E-state index contributed by atoms with van der Waals surface area (Å²) in [4.78, 5) is 0. The summed E-state index contributed by atoms with van der Waals surface area (Å²) in [7, 11) is -0.152. The van der Waals surface area contributed by atoms with Crippen LogP contribution in [0, 0.1) is 0 Å². The largest absolute Gasteiger partial charge is 0.447 e. The molecule has 0 aliphatic carbocycles. The summed E-state index contributed by atoms with van der Waals surface area (Å²) in [6.45, 7) is 2.71. The topological polar surface area (TPSA) is 62.6 Å². The molecule has 0 aromatic carbocycles. The van der Waals surface area contributed by atoms with E-state index in [1.165, 1.54) is 17.4 Å². The van der Waals surface area contributed by atoms with E-state index in [1.54, 1.807) is 20.0 Å². The Bertz CT molecular complexity index is 411. The first kappa shape index (κ1) is 12.2. The summed E-state index contributed by atoms with van der Waals surface area (Å²) in [5, 5.41) is 2.89. The van der Waals surface area contributed by atoms with Crippen molar-refractivity contribution >= 4 is 10.0 Å². The van der Waals surface area contributed by atoms with Crippen molar-refractivity contribution in [2.24, 2.45) is 0 Å². The second-order valence-corrected chi connectivity index (χ2v) is 5.15. The van der Waals surface area contributed by atoms with Crippen molar-refractivity contribution in [2.75, 3.05) is 20.6 Å². The molecule has 1 heterocycles. The van der Waals surface area contributed by atoms with Crippen LogP contribution in [0.25, 0.3) is 0 Å². The van der Waals surface area contributed by atoms with Gasteiger partial charge in [-0.15, -0.1) is 0 Å². The minimum Gasteiger partial charge on any atom is -0.447 e. The standard InChI is InChI=1S/C9H16N2O3S/c1-4-11(3)15(12,13)9-6-5-8(14-9)7-10-2/h5-6,10H,4,7H2,1-3H3. The van der Waals surface area contributed by atoms with Gasteiger partial charge < -0.3 is 9.73 Å². The van der Waals surface area contributed by atoms with Crippen molar-refractivity contribution in [3.05, 3.63) is 17.9 Å². The number of nitrogens with zero attached hydrogens (tertiary/aromatic N) is 1. The first-order valence-corrected chi connectivity index (χ1v) is 6.16. The average molecular weight is 232 g/mol. The molecule has 0 spiro atoms. The molecule has 5 nitrogen and oxygen atoms in total. The van der Waals surface area contributed by atoms with Crippen molar-refractivity contribution in [1.82, 2.24) is 9.62 Å². The zero-order chi connectivity index (χ0) is 11.5. The van der Waals surface area contributed by atoms with Crippen LogP contribution in [0.2, 0.25) is 0 Å². The highest BCUT2D eigenvalue weighted by atomic mass is 32.2. The number of furan rings is 1. The highest BCUT2D eigenvalue weighted by Crippen LogP contribution is 2.17. The molecule has 0 saturated carbocycles. The number of nitrogens with one attached hydrogen (secondary N) is 1. The van der Waals surface area contributed by atoms with Gasteiger partial charge >= 0.3 is 0 Å². The SMILES string of the molecule is CCN(C)S(=O)(=O)c1ccc(CNC)o1. The molecule has 0 radical (unpaired) electrons. The predicted molar refractivity (Wildman–Crippen MR) is 57.0 cm³/mol. The van der Waals surface area contributed by atoms with Crippen molar-refractivity contribution in [3.8, 4) is 0 Å². The summed E-state index contributed by atoms with van der Waals surface area (Å²) in [5.74, 6) is 0.612. The molecule has 0 aliphatic heterocycles. The van der Waals surface area contributed by atoms with Gasteiger partial charge in [0.25, 0.3) is 10.0 Å². The molecule has 1 aromatic heterocycles. The second-order valence-electron chi connectivity index (χ2n) is 3.17. The van der Waals surface area contributed by atoms with Crippen LogP contribution in [-0.4, -0.2) is 33.4 Å². The lowest BCUT2D eigenvalue weighted by Gasteiger charge is -2.11. The third-order valence-electron chi connectivity index (χ3n) is 2.10. The maximum absolute atomic E-state index is 11.8. The van der Waals surface area contributed by atoms with Crippen molar-refractivity contribution < 1.29 is 12.8 Å². The van der Waals surface area contributed by atoms with Crippen molar-refractivity contribution in [1.29, 1.82) is 0 Å². The van der Waals surface area contributed by atoms with Gasteiger partial charge in [0.15, 0.2) is 0 Å². The maximum Gasteiger partial charge on any atom is 0.276 e. The molecule has 0 aliphatic rings. The molecule has 0 amide bonds. The first-order chi connectivity index (χ1) is 7.02. The summed E-state index contributed by atoms with van der Waals surface area (Å²) >= 11 is 0. The van der Waals surface area contributed by atoms with Crippen LogP contribution in [0.3, 0.4) is 0 Å². The molecular weight excluding hydrogens is 216 g/mol. The molecule has 86 valence electrons. The van der Waals surface area contributed by atoms with Gasteiger partial charge in [-0.05, 0) is 19.2 Å². The Morgan fingerprint density at radius 3 is 2.67 bits per heavy atom. The minimum atomic E-state index is -3.45. The third kappa shape index (κ3) is 2.58. The Kier molecular flexibility index (Phi) is 3.90. The van der Waals surface area contributed by atoms with Gasteiger partial charge in [0.1, 0.15) is 5.76 Å².